The fourth-order valence-corrected chi connectivity index (χ4v) is 2.84. The van der Waals surface area contributed by atoms with E-state index in [2.05, 4.69) is 4.98 Å². The summed E-state index contributed by atoms with van der Waals surface area (Å²) in [7, 11) is 0. The monoisotopic (exact) mass is 350 g/mol. The van der Waals surface area contributed by atoms with E-state index in [-0.39, 0.29) is 17.5 Å². The van der Waals surface area contributed by atoms with Gasteiger partial charge < -0.3 is 9.88 Å². The summed E-state index contributed by atoms with van der Waals surface area (Å²) in [6.45, 7) is 1.72. The minimum Gasteiger partial charge on any atom is -0.329 e. The summed E-state index contributed by atoms with van der Waals surface area (Å²) >= 11 is 0. The van der Waals surface area contributed by atoms with Crippen molar-refractivity contribution in [1.82, 2.24) is 9.88 Å². The standard InChI is InChI=1S/C18H17F3N2O2/c1-11(12-3-2-4-14(9-12)18(19,20)21)23(15-6-7-15)17(25)13-5-8-16(24)22-10-13/h2-5,8-11,15H,6-7H2,1H3,(H,22,24). The molecule has 1 unspecified atom stereocenters. The van der Waals surface area contributed by atoms with Crippen molar-refractivity contribution in [1.29, 1.82) is 0 Å². The van der Waals surface area contributed by atoms with Crippen LogP contribution < -0.4 is 5.56 Å². The average Bonchev–Trinajstić information content (AvgIpc) is 3.39. The van der Waals surface area contributed by atoms with Gasteiger partial charge in [0.1, 0.15) is 0 Å². The number of halogens is 3. The van der Waals surface area contributed by atoms with Crippen LogP contribution in [0.25, 0.3) is 0 Å². The lowest BCUT2D eigenvalue weighted by atomic mass is 10.0. The molecule has 132 valence electrons. The number of hydrogen-bond donors (Lipinski definition) is 1. The first kappa shape index (κ1) is 17.3. The number of hydrogen-bond acceptors (Lipinski definition) is 2. The Hall–Kier alpha value is -2.57. The quantitative estimate of drug-likeness (QED) is 0.913. The number of alkyl halides is 3. The summed E-state index contributed by atoms with van der Waals surface area (Å²) in [4.78, 5) is 28.0. The van der Waals surface area contributed by atoms with Crippen LogP contribution in [0.2, 0.25) is 0 Å². The van der Waals surface area contributed by atoms with Crippen LogP contribution in [0.15, 0.2) is 47.4 Å². The van der Waals surface area contributed by atoms with Crippen molar-refractivity contribution in [3.05, 3.63) is 69.6 Å². The van der Waals surface area contributed by atoms with Gasteiger partial charge in [-0.3, -0.25) is 9.59 Å². The molecular formula is C18H17F3N2O2. The van der Waals surface area contributed by atoms with E-state index in [1.807, 2.05) is 0 Å². The molecular weight excluding hydrogens is 333 g/mol. The number of benzene rings is 1. The second-order valence-electron chi connectivity index (χ2n) is 6.18. The van der Waals surface area contributed by atoms with Crippen LogP contribution in [-0.2, 0) is 6.18 Å². The lowest BCUT2D eigenvalue weighted by molar-refractivity contribution is -0.137. The number of nitrogens with one attached hydrogen (secondary N) is 1. The van der Waals surface area contributed by atoms with E-state index >= 15 is 0 Å². The number of rotatable bonds is 4. The molecule has 25 heavy (non-hydrogen) atoms. The van der Waals surface area contributed by atoms with E-state index < -0.39 is 17.8 Å². The molecule has 1 fully saturated rings. The second-order valence-corrected chi connectivity index (χ2v) is 6.18. The first-order chi connectivity index (χ1) is 11.8. The van der Waals surface area contributed by atoms with Gasteiger partial charge in [0, 0.05) is 18.3 Å². The van der Waals surface area contributed by atoms with Crippen molar-refractivity contribution >= 4 is 5.91 Å². The van der Waals surface area contributed by atoms with Gasteiger partial charge in [-0.2, -0.15) is 13.2 Å². The molecule has 1 aromatic carbocycles. The molecule has 7 heteroatoms. The largest absolute Gasteiger partial charge is 0.416 e. The van der Waals surface area contributed by atoms with Crippen molar-refractivity contribution in [3.8, 4) is 0 Å². The van der Waals surface area contributed by atoms with Gasteiger partial charge in [-0.25, -0.2) is 0 Å². The van der Waals surface area contributed by atoms with E-state index in [0.717, 1.165) is 25.0 Å². The molecule has 0 aliphatic heterocycles. The second kappa shape index (κ2) is 6.38. The summed E-state index contributed by atoms with van der Waals surface area (Å²) in [5.41, 5.74) is -0.311. The molecule has 1 aliphatic carbocycles. The number of H-pyrrole nitrogens is 1. The average molecular weight is 350 g/mol. The summed E-state index contributed by atoms with van der Waals surface area (Å²) in [6.07, 6.45) is -1.46. The fourth-order valence-electron chi connectivity index (χ4n) is 2.84. The lowest BCUT2D eigenvalue weighted by Gasteiger charge is -2.30. The van der Waals surface area contributed by atoms with E-state index in [1.54, 1.807) is 17.9 Å². The fraction of sp³-hybridized carbons (Fsp3) is 0.333. The molecule has 1 aromatic heterocycles. The SMILES string of the molecule is CC(c1cccc(C(F)(F)F)c1)N(C(=O)c1ccc(=O)[nH]c1)C1CC1. The number of carbonyl (C=O) groups is 1. The Kier molecular flexibility index (Phi) is 4.41. The zero-order chi connectivity index (χ0) is 18.2. The summed E-state index contributed by atoms with van der Waals surface area (Å²) in [6, 6.07) is 7.22. The predicted octanol–water partition coefficient (Wildman–Crippen LogP) is 3.76. The number of amides is 1. The molecule has 1 saturated carbocycles. The molecule has 3 rings (SSSR count). The number of pyridine rings is 1. The molecule has 1 heterocycles. The van der Waals surface area contributed by atoms with Gasteiger partial charge in [-0.05, 0) is 43.5 Å². The Morgan fingerprint density at radius 3 is 2.52 bits per heavy atom. The predicted molar refractivity (Wildman–Crippen MR) is 86.1 cm³/mol. The zero-order valence-electron chi connectivity index (χ0n) is 13.5. The highest BCUT2D eigenvalue weighted by Crippen LogP contribution is 2.37. The molecule has 0 radical (unpaired) electrons. The van der Waals surface area contributed by atoms with E-state index in [1.165, 1.54) is 24.4 Å². The van der Waals surface area contributed by atoms with Gasteiger partial charge in [0.15, 0.2) is 0 Å². The van der Waals surface area contributed by atoms with Gasteiger partial charge in [0.05, 0.1) is 17.2 Å². The summed E-state index contributed by atoms with van der Waals surface area (Å²) < 4.78 is 38.9. The molecule has 0 bridgehead atoms. The third-order valence-corrected chi connectivity index (χ3v) is 4.32. The van der Waals surface area contributed by atoms with Crippen molar-refractivity contribution in [3.63, 3.8) is 0 Å². The zero-order valence-corrected chi connectivity index (χ0v) is 13.5. The van der Waals surface area contributed by atoms with Crippen LogP contribution >= 0.6 is 0 Å². The maximum absolute atomic E-state index is 13.0. The Morgan fingerprint density at radius 1 is 1.24 bits per heavy atom. The van der Waals surface area contributed by atoms with Gasteiger partial charge in [0.2, 0.25) is 5.56 Å². The molecule has 0 saturated heterocycles. The molecule has 1 N–H and O–H groups in total. The van der Waals surface area contributed by atoms with Crippen LogP contribution in [0.4, 0.5) is 13.2 Å². The molecule has 2 aromatic rings. The Balaban J connectivity index is 1.92. The number of aromatic amines is 1. The van der Waals surface area contributed by atoms with Crippen LogP contribution in [0.3, 0.4) is 0 Å². The minimum absolute atomic E-state index is 0.00368. The van der Waals surface area contributed by atoms with Gasteiger partial charge in [0.25, 0.3) is 5.91 Å². The number of nitrogens with zero attached hydrogens (tertiary/aromatic N) is 1. The van der Waals surface area contributed by atoms with Crippen LogP contribution in [-0.4, -0.2) is 21.8 Å². The lowest BCUT2D eigenvalue weighted by Crippen LogP contribution is -2.36. The smallest absolute Gasteiger partial charge is 0.329 e. The van der Waals surface area contributed by atoms with Crippen LogP contribution in [0, 0.1) is 0 Å². The molecule has 1 amide bonds. The minimum atomic E-state index is -4.43. The van der Waals surface area contributed by atoms with E-state index in [0.29, 0.717) is 11.1 Å². The molecule has 4 nitrogen and oxygen atoms in total. The summed E-state index contributed by atoms with van der Waals surface area (Å²) in [5, 5.41) is 0. The summed E-state index contributed by atoms with van der Waals surface area (Å²) in [5.74, 6) is -0.302. The van der Waals surface area contributed by atoms with E-state index in [9.17, 15) is 22.8 Å². The van der Waals surface area contributed by atoms with Crippen molar-refractivity contribution in [2.75, 3.05) is 0 Å². The Bertz CT molecular complexity index is 820. The highest BCUT2D eigenvalue weighted by atomic mass is 19.4. The van der Waals surface area contributed by atoms with Crippen LogP contribution in [0.5, 0.6) is 0 Å². The first-order valence-electron chi connectivity index (χ1n) is 7.96. The third kappa shape index (κ3) is 3.75. The molecule has 1 aliphatic rings. The normalized spacial score (nSPS) is 15.7. The number of carbonyl (C=O) groups excluding carboxylic acids is 1. The Morgan fingerprint density at radius 2 is 1.96 bits per heavy atom. The topological polar surface area (TPSA) is 53.2 Å². The highest BCUT2D eigenvalue weighted by Gasteiger charge is 2.37. The van der Waals surface area contributed by atoms with Crippen molar-refractivity contribution in [2.45, 2.75) is 38.0 Å². The molecule has 1 atom stereocenters. The third-order valence-electron chi connectivity index (χ3n) is 4.32. The van der Waals surface area contributed by atoms with Crippen molar-refractivity contribution < 1.29 is 18.0 Å². The van der Waals surface area contributed by atoms with Gasteiger partial charge >= 0.3 is 6.18 Å². The van der Waals surface area contributed by atoms with Gasteiger partial charge in [-0.15, -0.1) is 0 Å². The highest BCUT2D eigenvalue weighted by molar-refractivity contribution is 5.94. The maximum Gasteiger partial charge on any atom is 0.416 e. The van der Waals surface area contributed by atoms with E-state index in [4.69, 9.17) is 0 Å². The maximum atomic E-state index is 13.0. The first-order valence-corrected chi connectivity index (χ1v) is 7.96. The van der Waals surface area contributed by atoms with Crippen LogP contribution in [0.1, 0.15) is 47.3 Å². The molecule has 0 spiro atoms. The van der Waals surface area contributed by atoms with Crippen molar-refractivity contribution in [2.24, 2.45) is 0 Å². The number of aromatic nitrogens is 1. The Labute approximate surface area is 142 Å². The van der Waals surface area contributed by atoms with Gasteiger partial charge in [-0.1, -0.05) is 12.1 Å².